The van der Waals surface area contributed by atoms with Crippen LogP contribution in [0.3, 0.4) is 0 Å². The van der Waals surface area contributed by atoms with Gasteiger partial charge in [-0.1, -0.05) is 12.1 Å². The first-order valence-corrected chi connectivity index (χ1v) is 9.37. The third kappa shape index (κ3) is 5.97. The standard InChI is InChI=1S/C21H28N4O3/c1-15(2)23-21(26)17-9-12-19(20(14-17)25(27)28)22-13-5-6-16-7-10-18(11-8-16)24(3)4/h7-12,14-15,22H,5-6,13H2,1-4H3,(H,23,26). The van der Waals surface area contributed by atoms with Gasteiger partial charge in [-0.2, -0.15) is 0 Å². The highest BCUT2D eigenvalue weighted by atomic mass is 16.6. The molecule has 0 fully saturated rings. The zero-order chi connectivity index (χ0) is 20.7. The van der Waals surface area contributed by atoms with Crippen molar-refractivity contribution in [2.75, 3.05) is 30.9 Å². The number of benzene rings is 2. The summed E-state index contributed by atoms with van der Waals surface area (Å²) in [5, 5.41) is 17.3. The minimum Gasteiger partial charge on any atom is -0.379 e. The molecule has 0 saturated heterocycles. The fourth-order valence-corrected chi connectivity index (χ4v) is 2.80. The van der Waals surface area contributed by atoms with Crippen LogP contribution >= 0.6 is 0 Å². The van der Waals surface area contributed by atoms with Crippen molar-refractivity contribution in [1.29, 1.82) is 0 Å². The van der Waals surface area contributed by atoms with Crippen molar-refractivity contribution in [3.8, 4) is 0 Å². The van der Waals surface area contributed by atoms with E-state index in [0.717, 1.165) is 18.5 Å². The van der Waals surface area contributed by atoms with Gasteiger partial charge in [0.25, 0.3) is 11.6 Å². The molecule has 7 heteroatoms. The molecular weight excluding hydrogens is 356 g/mol. The normalized spacial score (nSPS) is 10.6. The van der Waals surface area contributed by atoms with Gasteiger partial charge < -0.3 is 15.5 Å². The average Bonchev–Trinajstić information content (AvgIpc) is 2.65. The van der Waals surface area contributed by atoms with Crippen LogP contribution in [0.15, 0.2) is 42.5 Å². The lowest BCUT2D eigenvalue weighted by Crippen LogP contribution is -2.30. The number of aryl methyl sites for hydroxylation is 1. The number of carbonyl (C=O) groups excluding carboxylic acids is 1. The van der Waals surface area contributed by atoms with Crippen molar-refractivity contribution >= 4 is 23.0 Å². The lowest BCUT2D eigenvalue weighted by atomic mass is 10.1. The van der Waals surface area contributed by atoms with Gasteiger partial charge in [0.1, 0.15) is 5.69 Å². The van der Waals surface area contributed by atoms with Gasteiger partial charge in [0.05, 0.1) is 4.92 Å². The summed E-state index contributed by atoms with van der Waals surface area (Å²) in [6, 6.07) is 12.8. The third-order valence-corrected chi connectivity index (χ3v) is 4.29. The van der Waals surface area contributed by atoms with Crippen molar-refractivity contribution in [3.05, 3.63) is 63.7 Å². The average molecular weight is 384 g/mol. The molecule has 150 valence electrons. The molecule has 7 nitrogen and oxygen atoms in total. The van der Waals surface area contributed by atoms with Crippen LogP contribution in [0.4, 0.5) is 17.1 Å². The summed E-state index contributed by atoms with van der Waals surface area (Å²) in [6.07, 6.45) is 1.72. The molecule has 0 radical (unpaired) electrons. The van der Waals surface area contributed by atoms with Gasteiger partial charge in [-0.05, 0) is 56.5 Å². The summed E-state index contributed by atoms with van der Waals surface area (Å²) < 4.78 is 0. The Morgan fingerprint density at radius 3 is 2.39 bits per heavy atom. The SMILES string of the molecule is CC(C)NC(=O)c1ccc(NCCCc2ccc(N(C)C)cc2)c([N+](=O)[O-])c1. The number of rotatable bonds is 9. The van der Waals surface area contributed by atoms with E-state index < -0.39 is 4.92 Å². The molecule has 28 heavy (non-hydrogen) atoms. The van der Waals surface area contributed by atoms with Crippen LogP contribution in [-0.2, 0) is 6.42 Å². The monoisotopic (exact) mass is 384 g/mol. The van der Waals surface area contributed by atoms with E-state index >= 15 is 0 Å². The Morgan fingerprint density at radius 1 is 1.14 bits per heavy atom. The van der Waals surface area contributed by atoms with E-state index in [1.165, 1.54) is 11.6 Å². The quantitative estimate of drug-likeness (QED) is 0.390. The number of hydrogen-bond acceptors (Lipinski definition) is 5. The molecule has 0 bridgehead atoms. The molecule has 0 unspecified atom stereocenters. The molecule has 2 N–H and O–H groups in total. The van der Waals surface area contributed by atoms with Gasteiger partial charge in [0.2, 0.25) is 0 Å². The minimum atomic E-state index is -0.464. The number of hydrogen-bond donors (Lipinski definition) is 2. The molecule has 0 atom stereocenters. The zero-order valence-corrected chi connectivity index (χ0v) is 16.9. The van der Waals surface area contributed by atoms with Crippen LogP contribution in [0.25, 0.3) is 0 Å². The van der Waals surface area contributed by atoms with E-state index in [-0.39, 0.29) is 23.2 Å². The predicted octanol–water partition coefficient (Wildman–Crippen LogP) is 3.84. The van der Waals surface area contributed by atoms with Crippen LogP contribution in [0.1, 0.15) is 36.2 Å². The topological polar surface area (TPSA) is 87.5 Å². The zero-order valence-electron chi connectivity index (χ0n) is 16.9. The molecule has 0 aromatic heterocycles. The molecule has 2 aromatic carbocycles. The molecule has 1 amide bonds. The molecule has 0 aliphatic heterocycles. The fourth-order valence-electron chi connectivity index (χ4n) is 2.80. The van der Waals surface area contributed by atoms with Crippen LogP contribution < -0.4 is 15.5 Å². The van der Waals surface area contributed by atoms with Crippen LogP contribution in [0.2, 0.25) is 0 Å². The molecule has 2 rings (SSSR count). The molecule has 0 heterocycles. The van der Waals surface area contributed by atoms with Crippen molar-refractivity contribution in [1.82, 2.24) is 5.32 Å². The second kappa shape index (κ2) is 9.73. The van der Waals surface area contributed by atoms with E-state index in [2.05, 4.69) is 39.8 Å². The highest BCUT2D eigenvalue weighted by Crippen LogP contribution is 2.26. The van der Waals surface area contributed by atoms with Crippen molar-refractivity contribution < 1.29 is 9.72 Å². The number of nitro benzene ring substituents is 1. The third-order valence-electron chi connectivity index (χ3n) is 4.29. The highest BCUT2D eigenvalue weighted by Gasteiger charge is 2.17. The second-order valence-electron chi connectivity index (χ2n) is 7.21. The van der Waals surface area contributed by atoms with Crippen LogP contribution in [0, 0.1) is 10.1 Å². The fraction of sp³-hybridized carbons (Fsp3) is 0.381. The Hall–Kier alpha value is -3.09. The highest BCUT2D eigenvalue weighted by molar-refractivity contribution is 5.95. The maximum atomic E-state index is 12.1. The van der Waals surface area contributed by atoms with Crippen molar-refractivity contribution in [3.63, 3.8) is 0 Å². The van der Waals surface area contributed by atoms with Gasteiger partial charge in [-0.3, -0.25) is 14.9 Å². The van der Waals surface area contributed by atoms with E-state index in [4.69, 9.17) is 0 Å². The molecule has 0 aliphatic carbocycles. The Balaban J connectivity index is 1.95. The molecule has 0 aliphatic rings. The number of nitrogens with one attached hydrogen (secondary N) is 2. The number of amides is 1. The first kappa shape index (κ1) is 21.2. The van der Waals surface area contributed by atoms with Crippen molar-refractivity contribution in [2.45, 2.75) is 32.7 Å². The predicted molar refractivity (Wildman–Crippen MR) is 113 cm³/mol. The summed E-state index contributed by atoms with van der Waals surface area (Å²) >= 11 is 0. The van der Waals surface area contributed by atoms with Gasteiger partial charge in [-0.25, -0.2) is 0 Å². The molecule has 0 saturated carbocycles. The Bertz CT molecular complexity index is 817. The lowest BCUT2D eigenvalue weighted by molar-refractivity contribution is -0.384. The van der Waals surface area contributed by atoms with E-state index in [1.54, 1.807) is 12.1 Å². The number of nitrogens with zero attached hydrogens (tertiary/aromatic N) is 2. The first-order chi connectivity index (χ1) is 13.3. The second-order valence-corrected chi connectivity index (χ2v) is 7.21. The Kier molecular flexibility index (Phi) is 7.37. The van der Waals surface area contributed by atoms with Crippen molar-refractivity contribution in [2.24, 2.45) is 0 Å². The molecular formula is C21H28N4O3. The van der Waals surface area contributed by atoms with Gasteiger partial charge in [0, 0.05) is 44.0 Å². The maximum Gasteiger partial charge on any atom is 0.293 e. The van der Waals surface area contributed by atoms with E-state index in [0.29, 0.717) is 12.2 Å². The summed E-state index contributed by atoms with van der Waals surface area (Å²) in [5.41, 5.74) is 2.99. The number of carbonyl (C=O) groups is 1. The van der Waals surface area contributed by atoms with E-state index in [9.17, 15) is 14.9 Å². The smallest absolute Gasteiger partial charge is 0.293 e. The molecule has 0 spiro atoms. The largest absolute Gasteiger partial charge is 0.379 e. The summed E-state index contributed by atoms with van der Waals surface area (Å²) in [4.78, 5) is 25.0. The number of anilines is 2. The Labute approximate surface area is 165 Å². The summed E-state index contributed by atoms with van der Waals surface area (Å²) in [6.45, 7) is 4.29. The number of nitro groups is 1. The maximum absolute atomic E-state index is 12.1. The summed E-state index contributed by atoms with van der Waals surface area (Å²) in [7, 11) is 4.01. The van der Waals surface area contributed by atoms with E-state index in [1.807, 2.05) is 27.9 Å². The van der Waals surface area contributed by atoms with Gasteiger partial charge in [0.15, 0.2) is 0 Å². The van der Waals surface area contributed by atoms with Gasteiger partial charge in [-0.15, -0.1) is 0 Å². The first-order valence-electron chi connectivity index (χ1n) is 9.37. The van der Waals surface area contributed by atoms with Crippen LogP contribution in [0.5, 0.6) is 0 Å². The summed E-state index contributed by atoms with van der Waals surface area (Å²) in [5.74, 6) is -0.314. The van der Waals surface area contributed by atoms with Gasteiger partial charge >= 0.3 is 0 Å². The van der Waals surface area contributed by atoms with Crippen LogP contribution in [-0.4, -0.2) is 37.5 Å². The minimum absolute atomic E-state index is 0.0313. The Morgan fingerprint density at radius 2 is 1.82 bits per heavy atom. The molecule has 2 aromatic rings. The lowest BCUT2D eigenvalue weighted by Gasteiger charge is -2.13.